The summed E-state index contributed by atoms with van der Waals surface area (Å²) in [4.78, 5) is 23.0. The smallest absolute Gasteiger partial charge is 0.225 e. The Kier molecular flexibility index (Phi) is 5.25. The molecule has 0 saturated carbocycles. The molecule has 2 aromatic rings. The maximum absolute atomic E-state index is 12.4. The quantitative estimate of drug-likeness (QED) is 0.910. The number of nitrogens with zero attached hydrogens (tertiary/aromatic N) is 3. The van der Waals surface area contributed by atoms with Gasteiger partial charge in [-0.1, -0.05) is 12.1 Å². The number of carbonyl (C=O) groups is 1. The predicted octanol–water partition coefficient (Wildman–Crippen LogP) is 2.02. The number of ether oxygens (including phenoxy) is 1. The largest absolute Gasteiger partial charge is 0.497 e. The highest BCUT2D eigenvalue weighted by atomic mass is 16.5. The van der Waals surface area contributed by atoms with Crippen molar-refractivity contribution < 1.29 is 9.53 Å². The first-order valence-corrected chi connectivity index (χ1v) is 8.19. The number of amides is 1. The number of rotatable bonds is 5. The van der Waals surface area contributed by atoms with Crippen molar-refractivity contribution in [2.45, 2.75) is 19.4 Å². The molecule has 0 spiro atoms. The molecule has 2 heterocycles. The maximum atomic E-state index is 12.4. The highest BCUT2D eigenvalue weighted by Crippen LogP contribution is 2.20. The second-order valence-corrected chi connectivity index (χ2v) is 5.88. The number of methoxy groups -OCH3 is 1. The van der Waals surface area contributed by atoms with E-state index in [-0.39, 0.29) is 11.8 Å². The van der Waals surface area contributed by atoms with Crippen LogP contribution in [-0.4, -0.2) is 36.1 Å². The predicted molar refractivity (Wildman–Crippen MR) is 91.8 cm³/mol. The summed E-state index contributed by atoms with van der Waals surface area (Å²) >= 11 is 0. The van der Waals surface area contributed by atoms with Crippen LogP contribution in [0.2, 0.25) is 0 Å². The lowest BCUT2D eigenvalue weighted by Crippen LogP contribution is -2.41. The van der Waals surface area contributed by atoms with Crippen LogP contribution < -0.4 is 15.0 Å². The lowest BCUT2D eigenvalue weighted by molar-refractivity contribution is -0.125. The van der Waals surface area contributed by atoms with Gasteiger partial charge in [0.15, 0.2) is 0 Å². The monoisotopic (exact) mass is 326 g/mol. The van der Waals surface area contributed by atoms with Crippen LogP contribution in [0.5, 0.6) is 5.75 Å². The summed E-state index contributed by atoms with van der Waals surface area (Å²) in [7, 11) is 1.64. The summed E-state index contributed by atoms with van der Waals surface area (Å²) in [5, 5.41) is 3.03. The van der Waals surface area contributed by atoms with Gasteiger partial charge < -0.3 is 15.0 Å². The van der Waals surface area contributed by atoms with E-state index in [1.165, 1.54) is 0 Å². The van der Waals surface area contributed by atoms with Gasteiger partial charge in [0.2, 0.25) is 11.9 Å². The lowest BCUT2D eigenvalue weighted by atomic mass is 9.96. The van der Waals surface area contributed by atoms with E-state index < -0.39 is 0 Å². The van der Waals surface area contributed by atoms with Crippen LogP contribution in [0, 0.1) is 5.92 Å². The average molecular weight is 326 g/mol. The summed E-state index contributed by atoms with van der Waals surface area (Å²) in [5.41, 5.74) is 1.04. The molecule has 1 N–H and O–H groups in total. The van der Waals surface area contributed by atoms with E-state index in [2.05, 4.69) is 20.2 Å². The Morgan fingerprint density at radius 3 is 2.71 bits per heavy atom. The molecule has 1 aliphatic heterocycles. The van der Waals surface area contributed by atoms with Gasteiger partial charge in [0.25, 0.3) is 0 Å². The molecule has 126 valence electrons. The molecular formula is C18H22N4O2. The lowest BCUT2D eigenvalue weighted by Gasteiger charge is -2.31. The Hall–Kier alpha value is -2.63. The van der Waals surface area contributed by atoms with Gasteiger partial charge in [-0.2, -0.15) is 0 Å². The highest BCUT2D eigenvalue weighted by molar-refractivity contribution is 5.78. The molecule has 1 fully saturated rings. The zero-order valence-corrected chi connectivity index (χ0v) is 13.8. The van der Waals surface area contributed by atoms with E-state index in [0.717, 1.165) is 43.2 Å². The van der Waals surface area contributed by atoms with Gasteiger partial charge in [-0.25, -0.2) is 9.97 Å². The second-order valence-electron chi connectivity index (χ2n) is 5.88. The third-order valence-corrected chi connectivity index (χ3v) is 4.30. The van der Waals surface area contributed by atoms with Crippen molar-refractivity contribution in [1.29, 1.82) is 0 Å². The number of hydrogen-bond donors (Lipinski definition) is 1. The Morgan fingerprint density at radius 1 is 1.25 bits per heavy atom. The number of hydrogen-bond acceptors (Lipinski definition) is 5. The van der Waals surface area contributed by atoms with Gasteiger partial charge in [-0.05, 0) is 36.6 Å². The summed E-state index contributed by atoms with van der Waals surface area (Å²) in [6, 6.07) is 9.56. The normalized spacial score (nSPS) is 15.1. The Labute approximate surface area is 141 Å². The summed E-state index contributed by atoms with van der Waals surface area (Å²) < 4.78 is 5.20. The summed E-state index contributed by atoms with van der Waals surface area (Å²) in [6.07, 6.45) is 5.13. The molecule has 0 bridgehead atoms. The molecule has 1 amide bonds. The van der Waals surface area contributed by atoms with Crippen molar-refractivity contribution in [2.24, 2.45) is 5.92 Å². The molecule has 1 saturated heterocycles. The molecule has 3 rings (SSSR count). The fourth-order valence-corrected chi connectivity index (χ4v) is 2.91. The third kappa shape index (κ3) is 4.01. The molecule has 24 heavy (non-hydrogen) atoms. The van der Waals surface area contributed by atoms with Crippen molar-refractivity contribution in [3.8, 4) is 5.75 Å². The molecule has 6 heteroatoms. The Bertz CT molecular complexity index is 670. The average Bonchev–Trinajstić information content (AvgIpc) is 2.67. The highest BCUT2D eigenvalue weighted by Gasteiger charge is 2.25. The Morgan fingerprint density at radius 2 is 2.00 bits per heavy atom. The van der Waals surface area contributed by atoms with E-state index in [1.807, 2.05) is 30.3 Å². The van der Waals surface area contributed by atoms with Crippen molar-refractivity contribution in [1.82, 2.24) is 15.3 Å². The molecule has 1 aromatic heterocycles. The van der Waals surface area contributed by atoms with Gasteiger partial charge in [0, 0.05) is 37.9 Å². The van der Waals surface area contributed by atoms with Gasteiger partial charge in [-0.15, -0.1) is 0 Å². The van der Waals surface area contributed by atoms with Crippen molar-refractivity contribution in [3.05, 3.63) is 48.3 Å². The van der Waals surface area contributed by atoms with Crippen LogP contribution in [-0.2, 0) is 11.3 Å². The fraction of sp³-hybridized carbons (Fsp3) is 0.389. The van der Waals surface area contributed by atoms with Crippen molar-refractivity contribution >= 4 is 11.9 Å². The van der Waals surface area contributed by atoms with Crippen molar-refractivity contribution in [2.75, 3.05) is 25.1 Å². The van der Waals surface area contributed by atoms with Crippen LogP contribution in [0.1, 0.15) is 18.4 Å². The van der Waals surface area contributed by atoms with E-state index in [1.54, 1.807) is 19.5 Å². The van der Waals surface area contributed by atoms with Gasteiger partial charge >= 0.3 is 0 Å². The first-order chi connectivity index (χ1) is 11.8. The first kappa shape index (κ1) is 16.2. The number of carbonyl (C=O) groups excluding carboxylic acids is 1. The molecule has 0 aliphatic carbocycles. The van der Waals surface area contributed by atoms with E-state index in [9.17, 15) is 4.79 Å². The zero-order chi connectivity index (χ0) is 16.8. The molecule has 0 atom stereocenters. The number of benzene rings is 1. The SMILES string of the molecule is COc1cccc(CNC(=O)C2CCN(c3ncccn3)CC2)c1. The van der Waals surface area contributed by atoms with Crippen LogP contribution in [0.15, 0.2) is 42.7 Å². The second kappa shape index (κ2) is 7.77. The van der Waals surface area contributed by atoms with E-state index in [0.29, 0.717) is 6.54 Å². The van der Waals surface area contributed by atoms with E-state index >= 15 is 0 Å². The van der Waals surface area contributed by atoms with Gasteiger partial charge in [0.05, 0.1) is 7.11 Å². The standard InChI is InChI=1S/C18H22N4O2/c1-24-16-5-2-4-14(12-16)13-21-17(23)15-6-10-22(11-7-15)18-19-8-3-9-20-18/h2-5,8-9,12,15H,6-7,10-11,13H2,1H3,(H,21,23). The summed E-state index contributed by atoms with van der Waals surface area (Å²) in [5.74, 6) is 1.72. The molecule has 0 unspecified atom stereocenters. The maximum Gasteiger partial charge on any atom is 0.225 e. The Balaban J connectivity index is 1.48. The zero-order valence-electron chi connectivity index (χ0n) is 13.8. The number of nitrogens with one attached hydrogen (secondary N) is 1. The number of anilines is 1. The van der Waals surface area contributed by atoms with Crippen LogP contribution in [0.4, 0.5) is 5.95 Å². The summed E-state index contributed by atoms with van der Waals surface area (Å²) in [6.45, 7) is 2.14. The third-order valence-electron chi connectivity index (χ3n) is 4.30. The van der Waals surface area contributed by atoms with Gasteiger partial charge in [-0.3, -0.25) is 4.79 Å². The van der Waals surface area contributed by atoms with Crippen molar-refractivity contribution in [3.63, 3.8) is 0 Å². The first-order valence-electron chi connectivity index (χ1n) is 8.19. The molecule has 0 radical (unpaired) electrons. The molecule has 1 aromatic carbocycles. The topological polar surface area (TPSA) is 67.3 Å². The fourth-order valence-electron chi connectivity index (χ4n) is 2.91. The molecule has 1 aliphatic rings. The van der Waals surface area contributed by atoms with Crippen LogP contribution in [0.3, 0.4) is 0 Å². The minimum atomic E-state index is 0.0515. The van der Waals surface area contributed by atoms with Crippen LogP contribution in [0.25, 0.3) is 0 Å². The number of aromatic nitrogens is 2. The number of piperidine rings is 1. The van der Waals surface area contributed by atoms with Gasteiger partial charge in [0.1, 0.15) is 5.75 Å². The minimum absolute atomic E-state index is 0.0515. The van der Waals surface area contributed by atoms with Crippen LogP contribution >= 0.6 is 0 Å². The minimum Gasteiger partial charge on any atom is -0.497 e. The molecule has 6 nitrogen and oxygen atoms in total. The molecular weight excluding hydrogens is 304 g/mol. The van der Waals surface area contributed by atoms with E-state index in [4.69, 9.17) is 4.74 Å².